The molecule has 0 atom stereocenters. The molecule has 0 saturated heterocycles. The number of benzene rings is 5. The fourth-order valence-electron chi connectivity index (χ4n) is 4.06. The molecule has 5 rings (SSSR count). The zero-order chi connectivity index (χ0) is 22.7. The predicted octanol–water partition coefficient (Wildman–Crippen LogP) is 4.13. The van der Waals surface area contributed by atoms with Gasteiger partial charge in [-0.3, -0.25) is 0 Å². The molecule has 160 valence electrons. The van der Waals surface area contributed by atoms with E-state index in [1.807, 2.05) is 0 Å². The Kier molecular flexibility index (Phi) is 8.38. The molecule has 0 heterocycles. The maximum absolute atomic E-state index is 2.41. The fraction of sp³-hybridized carbons (Fsp3) is 0.0323. The second kappa shape index (κ2) is 12.1. The molecule has 0 nitrogen and oxygen atoms in total. The average Bonchev–Trinajstić information content (AvgIpc) is 2.92. The molecule has 2 heteroatoms. The maximum atomic E-state index is 2.41. The number of rotatable bonds is 5. The van der Waals surface area contributed by atoms with E-state index in [0.717, 1.165) is 0 Å². The van der Waals surface area contributed by atoms with Crippen LogP contribution in [-0.4, -0.2) is 21.1 Å². The second-order valence-electron chi connectivity index (χ2n) is 8.02. The van der Waals surface area contributed by atoms with E-state index in [0.29, 0.717) is 6.71 Å². The summed E-state index contributed by atoms with van der Waals surface area (Å²) in [5, 5.41) is 0. The van der Waals surface area contributed by atoms with Gasteiger partial charge in [-0.2, -0.15) is 0 Å². The molecular weight excluding hydrogens is 456 g/mol. The molecule has 0 bridgehead atoms. The Hall–Kier alpha value is -3.29. The zero-order valence-corrected chi connectivity index (χ0v) is 21.1. The first kappa shape index (κ1) is 22.9. The Labute approximate surface area is 203 Å². The van der Waals surface area contributed by atoms with E-state index in [9.17, 15) is 0 Å². The molecule has 2 radical (unpaired) electrons. The van der Waals surface area contributed by atoms with Gasteiger partial charge in [-0.25, -0.2) is 16.4 Å². The summed E-state index contributed by atoms with van der Waals surface area (Å²) in [7, 11) is 0. The van der Waals surface area contributed by atoms with Crippen molar-refractivity contribution in [1.82, 2.24) is 0 Å². The summed E-state index contributed by atoms with van der Waals surface area (Å²) < 4.78 is 3.08. The third-order valence-electron chi connectivity index (χ3n) is 5.81. The van der Waals surface area contributed by atoms with Crippen LogP contribution in [0.3, 0.4) is 0 Å². The van der Waals surface area contributed by atoms with E-state index >= 15 is 0 Å². The molecule has 5 aromatic rings. The predicted molar refractivity (Wildman–Crippen MR) is 148 cm³/mol. The van der Waals surface area contributed by atoms with Crippen LogP contribution in [0.5, 0.6) is 0 Å². The van der Waals surface area contributed by atoms with Crippen LogP contribution in [0, 0.1) is 0 Å². The minimum atomic E-state index is -1.20. The SMILES string of the molecule is [CH3][Ge]([c]1ccccc1)[c]1ccccc1.c1ccc([B-](c2ccccc2)c2ccccc2)cc1. The Bertz CT molecular complexity index is 1060. The van der Waals surface area contributed by atoms with E-state index in [-0.39, 0.29) is 0 Å². The molecule has 0 spiro atoms. The van der Waals surface area contributed by atoms with Crippen LogP contribution in [0.15, 0.2) is 152 Å². The van der Waals surface area contributed by atoms with Gasteiger partial charge in [-0.15, -0.1) is 0 Å². The standard InChI is InChI=1S/C18H15B.C13H13Ge/c1-4-10-16(11-5-1)19(17-12-6-2-7-13-17)18-14-8-3-9-15-18;1-14(12-8-4-2-5-9-12)13-10-6-3-7-11-13/h1-15H;2-11H,1H3/q-1;. The molecule has 0 aliphatic carbocycles. The first-order chi connectivity index (χ1) is 16.3. The summed E-state index contributed by atoms with van der Waals surface area (Å²) in [5.74, 6) is 2.41. The molecule has 0 saturated carbocycles. The van der Waals surface area contributed by atoms with E-state index in [1.54, 1.807) is 8.79 Å². The van der Waals surface area contributed by atoms with E-state index in [1.165, 1.54) is 16.4 Å². The van der Waals surface area contributed by atoms with Gasteiger partial charge >= 0.3 is 89.6 Å². The molecule has 0 amide bonds. The van der Waals surface area contributed by atoms with Crippen LogP contribution in [0.2, 0.25) is 5.76 Å². The van der Waals surface area contributed by atoms with E-state index < -0.39 is 14.3 Å². The third kappa shape index (κ3) is 6.37. The summed E-state index contributed by atoms with van der Waals surface area (Å²) >= 11 is -1.20. The molecular formula is C31H28BGe-. The monoisotopic (exact) mass is 485 g/mol. The average molecular weight is 484 g/mol. The van der Waals surface area contributed by atoms with Crippen molar-refractivity contribution in [3.05, 3.63) is 152 Å². The van der Waals surface area contributed by atoms with E-state index in [2.05, 4.69) is 157 Å². The Morgan fingerprint density at radius 3 is 0.879 bits per heavy atom. The zero-order valence-electron chi connectivity index (χ0n) is 19.0. The van der Waals surface area contributed by atoms with E-state index in [4.69, 9.17) is 0 Å². The Morgan fingerprint density at radius 1 is 0.364 bits per heavy atom. The van der Waals surface area contributed by atoms with Crippen LogP contribution in [0.25, 0.3) is 0 Å². The Morgan fingerprint density at radius 2 is 0.606 bits per heavy atom. The summed E-state index contributed by atoms with van der Waals surface area (Å²) in [5.41, 5.74) is 4.00. The van der Waals surface area contributed by atoms with Crippen molar-refractivity contribution in [2.45, 2.75) is 5.76 Å². The smallest absolute Gasteiger partial charge is 0.0336 e. The van der Waals surface area contributed by atoms with Crippen LogP contribution in [0.1, 0.15) is 0 Å². The van der Waals surface area contributed by atoms with Crippen molar-refractivity contribution >= 4 is 46.2 Å². The van der Waals surface area contributed by atoms with Gasteiger partial charge in [0.1, 0.15) is 0 Å². The molecule has 0 aliphatic heterocycles. The summed E-state index contributed by atoms with van der Waals surface area (Å²) in [6, 6.07) is 53.7. The van der Waals surface area contributed by atoms with Crippen molar-refractivity contribution in [3.63, 3.8) is 0 Å². The summed E-state index contributed by atoms with van der Waals surface area (Å²) in [6.07, 6.45) is 0. The molecule has 0 fully saturated rings. The summed E-state index contributed by atoms with van der Waals surface area (Å²) in [6.45, 7) is 0.309. The van der Waals surface area contributed by atoms with Gasteiger partial charge < -0.3 is 0 Å². The molecule has 0 N–H and O–H groups in total. The van der Waals surface area contributed by atoms with Crippen LogP contribution in [0.4, 0.5) is 0 Å². The van der Waals surface area contributed by atoms with Crippen LogP contribution >= 0.6 is 0 Å². The fourth-order valence-corrected chi connectivity index (χ4v) is 7.66. The maximum Gasteiger partial charge on any atom is -0.0336 e. The molecule has 5 aromatic carbocycles. The van der Waals surface area contributed by atoms with Crippen LogP contribution < -0.4 is 25.2 Å². The van der Waals surface area contributed by atoms with Gasteiger partial charge in [0.25, 0.3) is 0 Å². The van der Waals surface area contributed by atoms with Gasteiger partial charge in [0, 0.05) is 0 Å². The Balaban J connectivity index is 0.000000165. The largest absolute Gasteiger partial charge is 0.233 e. The molecule has 0 aromatic heterocycles. The van der Waals surface area contributed by atoms with Crippen molar-refractivity contribution in [2.24, 2.45) is 0 Å². The second-order valence-corrected chi connectivity index (χ2v) is 13.1. The van der Waals surface area contributed by atoms with Crippen molar-refractivity contribution in [1.29, 1.82) is 0 Å². The normalized spacial score (nSPS) is 10.5. The van der Waals surface area contributed by atoms with Crippen molar-refractivity contribution in [2.75, 3.05) is 0 Å². The number of hydrogen-bond acceptors (Lipinski definition) is 0. The van der Waals surface area contributed by atoms with Crippen molar-refractivity contribution in [3.8, 4) is 0 Å². The van der Waals surface area contributed by atoms with Gasteiger partial charge in [0.15, 0.2) is 0 Å². The third-order valence-corrected chi connectivity index (χ3v) is 10.8. The van der Waals surface area contributed by atoms with Gasteiger partial charge in [-0.1, -0.05) is 91.0 Å². The molecule has 33 heavy (non-hydrogen) atoms. The van der Waals surface area contributed by atoms with Gasteiger partial charge in [0.2, 0.25) is 0 Å². The molecule has 0 unspecified atom stereocenters. The summed E-state index contributed by atoms with van der Waals surface area (Å²) in [4.78, 5) is 0. The van der Waals surface area contributed by atoms with Gasteiger partial charge in [0.05, 0.1) is 0 Å². The quantitative estimate of drug-likeness (QED) is 0.330. The first-order valence-electron chi connectivity index (χ1n) is 11.4. The minimum Gasteiger partial charge on any atom is -0.233 e. The molecule has 0 aliphatic rings. The van der Waals surface area contributed by atoms with Crippen LogP contribution in [-0.2, 0) is 0 Å². The minimum absolute atomic E-state index is 0.309. The topological polar surface area (TPSA) is 0 Å². The van der Waals surface area contributed by atoms with Crippen molar-refractivity contribution < 1.29 is 0 Å². The first-order valence-corrected chi connectivity index (χ1v) is 15.6. The number of hydrogen-bond donors (Lipinski definition) is 0. The van der Waals surface area contributed by atoms with Gasteiger partial charge in [-0.05, 0) is 6.71 Å².